The van der Waals surface area contributed by atoms with Crippen molar-refractivity contribution in [2.24, 2.45) is 0 Å². The van der Waals surface area contributed by atoms with Gasteiger partial charge in [0.1, 0.15) is 0 Å². The zero-order valence-corrected chi connectivity index (χ0v) is 10.4. The number of hydrogen-bond donors (Lipinski definition) is 1. The third kappa shape index (κ3) is 3.30. The third-order valence-corrected chi connectivity index (χ3v) is 2.84. The van der Waals surface area contributed by atoms with Crippen LogP contribution in [-0.2, 0) is 4.74 Å². The minimum absolute atomic E-state index is 0.0923. The molecule has 2 heterocycles. The fourth-order valence-corrected chi connectivity index (χ4v) is 1.90. The van der Waals surface area contributed by atoms with Crippen molar-refractivity contribution in [3.63, 3.8) is 0 Å². The second-order valence-electron chi connectivity index (χ2n) is 4.41. The maximum absolute atomic E-state index is 5.69. The average Bonchev–Trinajstić information content (AvgIpc) is 2.76. The zero-order chi connectivity index (χ0) is 12.1. The van der Waals surface area contributed by atoms with Crippen molar-refractivity contribution in [2.75, 3.05) is 25.1 Å². The van der Waals surface area contributed by atoms with Crippen LogP contribution in [-0.4, -0.2) is 35.3 Å². The van der Waals surface area contributed by atoms with E-state index in [-0.39, 0.29) is 5.60 Å². The van der Waals surface area contributed by atoms with Gasteiger partial charge < -0.3 is 14.8 Å². The van der Waals surface area contributed by atoms with Crippen LogP contribution in [0.2, 0.25) is 0 Å². The minimum Gasteiger partial charge on any atom is -0.478 e. The van der Waals surface area contributed by atoms with Crippen molar-refractivity contribution >= 4 is 5.95 Å². The quantitative estimate of drug-likeness (QED) is 0.847. The standard InChI is InChI=1S/C12H19N3O2/c1-3-16-10-5-7-13-11(15-10)14-9-12(2)6-4-8-17-12/h5,7H,3-4,6,8-9H2,1-2H3,(H,13,14,15). The predicted octanol–water partition coefficient (Wildman–Crippen LogP) is 1.86. The molecule has 1 fully saturated rings. The fourth-order valence-electron chi connectivity index (χ4n) is 1.90. The first kappa shape index (κ1) is 12.1. The summed E-state index contributed by atoms with van der Waals surface area (Å²) in [5, 5.41) is 3.20. The van der Waals surface area contributed by atoms with Crippen molar-refractivity contribution in [2.45, 2.75) is 32.3 Å². The molecular weight excluding hydrogens is 218 g/mol. The Balaban J connectivity index is 1.91. The molecule has 1 aliphatic heterocycles. The summed E-state index contributed by atoms with van der Waals surface area (Å²) < 4.78 is 11.0. The van der Waals surface area contributed by atoms with E-state index in [1.54, 1.807) is 12.3 Å². The Morgan fingerprint density at radius 2 is 2.47 bits per heavy atom. The second kappa shape index (κ2) is 5.31. The maximum Gasteiger partial charge on any atom is 0.226 e. The van der Waals surface area contributed by atoms with E-state index in [0.717, 1.165) is 26.0 Å². The van der Waals surface area contributed by atoms with Crippen molar-refractivity contribution in [3.05, 3.63) is 12.3 Å². The largest absolute Gasteiger partial charge is 0.478 e. The van der Waals surface area contributed by atoms with Crippen molar-refractivity contribution < 1.29 is 9.47 Å². The van der Waals surface area contributed by atoms with Crippen molar-refractivity contribution in [1.29, 1.82) is 0 Å². The molecule has 1 N–H and O–H groups in total. The first-order valence-corrected chi connectivity index (χ1v) is 6.05. The number of hydrogen-bond acceptors (Lipinski definition) is 5. The molecule has 1 aromatic heterocycles. The summed E-state index contributed by atoms with van der Waals surface area (Å²) in [6.45, 7) is 6.22. The lowest BCUT2D eigenvalue weighted by atomic mass is 10.0. The highest BCUT2D eigenvalue weighted by Gasteiger charge is 2.29. The van der Waals surface area contributed by atoms with E-state index in [2.05, 4.69) is 22.2 Å². The highest BCUT2D eigenvalue weighted by atomic mass is 16.5. The SMILES string of the molecule is CCOc1ccnc(NCC2(C)CCCO2)n1. The van der Waals surface area contributed by atoms with Gasteiger partial charge in [0.2, 0.25) is 11.8 Å². The Bertz CT molecular complexity index is 365. The number of rotatable bonds is 5. The summed E-state index contributed by atoms with van der Waals surface area (Å²) in [6, 6.07) is 1.75. The molecule has 2 rings (SSSR count). The van der Waals surface area contributed by atoms with Gasteiger partial charge in [-0.2, -0.15) is 4.98 Å². The molecule has 17 heavy (non-hydrogen) atoms. The number of nitrogens with zero attached hydrogens (tertiary/aromatic N) is 2. The molecule has 0 radical (unpaired) electrons. The van der Waals surface area contributed by atoms with Crippen LogP contribution in [0.3, 0.4) is 0 Å². The molecular formula is C12H19N3O2. The fraction of sp³-hybridized carbons (Fsp3) is 0.667. The first-order valence-electron chi connectivity index (χ1n) is 6.05. The molecule has 1 aromatic rings. The monoisotopic (exact) mass is 237 g/mol. The van der Waals surface area contributed by atoms with Crippen LogP contribution in [0.15, 0.2) is 12.3 Å². The lowest BCUT2D eigenvalue weighted by Crippen LogP contribution is -2.33. The molecule has 5 nitrogen and oxygen atoms in total. The molecule has 0 aliphatic carbocycles. The summed E-state index contributed by atoms with van der Waals surface area (Å²) in [5.41, 5.74) is -0.0923. The van der Waals surface area contributed by atoms with Crippen LogP contribution in [0.4, 0.5) is 5.95 Å². The van der Waals surface area contributed by atoms with Gasteiger partial charge in [0.15, 0.2) is 0 Å². The van der Waals surface area contributed by atoms with E-state index in [9.17, 15) is 0 Å². The van der Waals surface area contributed by atoms with Crippen LogP contribution in [0.25, 0.3) is 0 Å². The Kier molecular flexibility index (Phi) is 3.78. The van der Waals surface area contributed by atoms with Gasteiger partial charge in [-0.3, -0.25) is 0 Å². The summed E-state index contributed by atoms with van der Waals surface area (Å²) in [6.07, 6.45) is 3.89. The number of ether oxygens (including phenoxy) is 2. The molecule has 1 unspecified atom stereocenters. The lowest BCUT2D eigenvalue weighted by molar-refractivity contribution is 0.0314. The van der Waals surface area contributed by atoms with Crippen LogP contribution in [0, 0.1) is 0 Å². The van der Waals surface area contributed by atoms with Gasteiger partial charge >= 0.3 is 0 Å². The molecule has 0 aromatic carbocycles. The Morgan fingerprint density at radius 3 is 3.18 bits per heavy atom. The van der Waals surface area contributed by atoms with Crippen LogP contribution in [0.5, 0.6) is 5.88 Å². The third-order valence-electron chi connectivity index (χ3n) is 2.84. The van der Waals surface area contributed by atoms with E-state index in [4.69, 9.17) is 9.47 Å². The summed E-state index contributed by atoms with van der Waals surface area (Å²) in [4.78, 5) is 8.41. The van der Waals surface area contributed by atoms with Gasteiger partial charge in [-0.15, -0.1) is 0 Å². The number of nitrogens with one attached hydrogen (secondary N) is 1. The first-order chi connectivity index (χ1) is 8.22. The van der Waals surface area contributed by atoms with Gasteiger partial charge in [0.05, 0.1) is 12.2 Å². The van der Waals surface area contributed by atoms with Crippen LogP contribution in [0.1, 0.15) is 26.7 Å². The van der Waals surface area contributed by atoms with Gasteiger partial charge in [-0.05, 0) is 26.7 Å². The molecule has 0 amide bonds. The highest BCUT2D eigenvalue weighted by molar-refractivity contribution is 5.28. The van der Waals surface area contributed by atoms with E-state index in [0.29, 0.717) is 18.4 Å². The number of anilines is 1. The molecule has 1 saturated heterocycles. The van der Waals surface area contributed by atoms with E-state index < -0.39 is 0 Å². The maximum atomic E-state index is 5.69. The molecule has 5 heteroatoms. The Hall–Kier alpha value is -1.36. The molecule has 0 spiro atoms. The van der Waals surface area contributed by atoms with E-state index in [1.807, 2.05) is 6.92 Å². The topological polar surface area (TPSA) is 56.3 Å². The normalized spacial score (nSPS) is 23.6. The minimum atomic E-state index is -0.0923. The highest BCUT2D eigenvalue weighted by Crippen LogP contribution is 2.25. The molecule has 1 atom stereocenters. The van der Waals surface area contributed by atoms with Crippen molar-refractivity contribution in [3.8, 4) is 5.88 Å². The van der Waals surface area contributed by atoms with Gasteiger partial charge in [-0.25, -0.2) is 4.98 Å². The summed E-state index contributed by atoms with van der Waals surface area (Å²) in [7, 11) is 0. The smallest absolute Gasteiger partial charge is 0.226 e. The van der Waals surface area contributed by atoms with E-state index >= 15 is 0 Å². The molecule has 0 saturated carbocycles. The second-order valence-corrected chi connectivity index (χ2v) is 4.41. The molecule has 94 valence electrons. The zero-order valence-electron chi connectivity index (χ0n) is 10.4. The molecule has 0 bridgehead atoms. The molecule has 1 aliphatic rings. The van der Waals surface area contributed by atoms with Crippen LogP contribution >= 0.6 is 0 Å². The number of aromatic nitrogens is 2. The summed E-state index contributed by atoms with van der Waals surface area (Å²) >= 11 is 0. The Labute approximate surface area is 102 Å². The van der Waals surface area contributed by atoms with Crippen molar-refractivity contribution in [1.82, 2.24) is 9.97 Å². The lowest BCUT2D eigenvalue weighted by Gasteiger charge is -2.23. The van der Waals surface area contributed by atoms with Gasteiger partial charge in [-0.1, -0.05) is 0 Å². The predicted molar refractivity (Wildman–Crippen MR) is 65.3 cm³/mol. The average molecular weight is 237 g/mol. The van der Waals surface area contributed by atoms with Gasteiger partial charge in [0.25, 0.3) is 0 Å². The van der Waals surface area contributed by atoms with Crippen LogP contribution < -0.4 is 10.1 Å². The van der Waals surface area contributed by atoms with E-state index in [1.165, 1.54) is 0 Å². The Morgan fingerprint density at radius 1 is 1.59 bits per heavy atom. The van der Waals surface area contributed by atoms with Gasteiger partial charge in [0, 0.05) is 25.4 Å². The summed E-state index contributed by atoms with van der Waals surface area (Å²) in [5.74, 6) is 1.19.